The fraction of sp³-hybridized carbons (Fsp3) is 0.292. The zero-order valence-corrected chi connectivity index (χ0v) is 18.6. The molecule has 2 aromatic carbocycles. The molecule has 1 aromatic heterocycles. The monoisotopic (exact) mass is 435 g/mol. The number of carbonyl (C=O) groups excluding carboxylic acids is 1. The molecule has 31 heavy (non-hydrogen) atoms. The Hall–Kier alpha value is -3.24. The van der Waals surface area contributed by atoms with Gasteiger partial charge in [0.2, 0.25) is 5.43 Å². The van der Waals surface area contributed by atoms with Crippen molar-refractivity contribution in [1.29, 1.82) is 5.26 Å². The molecule has 1 heterocycles. The lowest BCUT2D eigenvalue weighted by atomic mass is 9.65. The molecule has 3 N–H and O–H groups in total. The molecule has 0 radical (unpaired) electrons. The number of aromatic amines is 1. The van der Waals surface area contributed by atoms with Crippen LogP contribution in [0.4, 0.5) is 5.69 Å². The highest BCUT2D eigenvalue weighted by atomic mass is 32.3. The molecule has 0 spiro atoms. The molecule has 1 fully saturated rings. The molecule has 0 atom stereocenters. The minimum absolute atomic E-state index is 0.0192. The Labute approximate surface area is 182 Å². The lowest BCUT2D eigenvalue weighted by molar-refractivity contribution is 0.102. The highest BCUT2D eigenvalue weighted by molar-refractivity contribution is 8.32. The predicted octanol–water partition coefficient (Wildman–Crippen LogP) is 4.48. The second-order valence-electron chi connectivity index (χ2n) is 8.78. The van der Waals surface area contributed by atoms with Crippen molar-refractivity contribution in [2.24, 2.45) is 0 Å². The normalized spacial score (nSPS) is 15.7. The number of carbonyl (C=O) groups is 1. The number of nitrogens with zero attached hydrogens (tertiary/aromatic N) is 1. The van der Waals surface area contributed by atoms with E-state index in [0.717, 1.165) is 11.3 Å². The first-order valence-corrected chi connectivity index (χ1v) is 12.9. The lowest BCUT2D eigenvalue weighted by Crippen LogP contribution is -2.34. The maximum atomic E-state index is 13.1. The van der Waals surface area contributed by atoms with Gasteiger partial charge in [-0.2, -0.15) is 5.26 Å². The summed E-state index contributed by atoms with van der Waals surface area (Å²) in [6, 6.07) is 12.8. The van der Waals surface area contributed by atoms with Gasteiger partial charge < -0.3 is 15.4 Å². The smallest absolute Gasteiger partial charge is 0.261 e. The van der Waals surface area contributed by atoms with Crippen molar-refractivity contribution in [2.75, 3.05) is 24.1 Å². The highest BCUT2D eigenvalue weighted by Gasteiger charge is 2.42. The van der Waals surface area contributed by atoms with Gasteiger partial charge in [-0.1, -0.05) is 12.1 Å². The molecule has 0 bridgehead atoms. The number of hydrogen-bond acceptors (Lipinski definition) is 4. The number of rotatable bonds is 4. The van der Waals surface area contributed by atoms with Crippen LogP contribution in [0.15, 0.2) is 52.3 Å². The summed E-state index contributed by atoms with van der Waals surface area (Å²) in [5.41, 5.74) is 0.663. The van der Waals surface area contributed by atoms with Crippen LogP contribution in [0.5, 0.6) is 5.75 Å². The summed E-state index contributed by atoms with van der Waals surface area (Å²) in [6.45, 7) is 0. The number of phenols is 1. The lowest BCUT2D eigenvalue weighted by Gasteiger charge is -2.38. The van der Waals surface area contributed by atoms with Crippen LogP contribution in [0.2, 0.25) is 0 Å². The van der Waals surface area contributed by atoms with E-state index in [-0.39, 0.29) is 16.7 Å². The number of benzene rings is 2. The third kappa shape index (κ3) is 3.57. The number of aromatic hydroxyl groups is 1. The fourth-order valence-corrected chi connectivity index (χ4v) is 5.21. The van der Waals surface area contributed by atoms with Gasteiger partial charge in [0.05, 0.1) is 11.5 Å². The van der Waals surface area contributed by atoms with Crippen molar-refractivity contribution in [1.82, 2.24) is 4.98 Å². The Kier molecular flexibility index (Phi) is 5.06. The number of aromatic nitrogens is 1. The van der Waals surface area contributed by atoms with Gasteiger partial charge in [-0.25, -0.2) is 10.0 Å². The molecule has 3 aromatic rings. The summed E-state index contributed by atoms with van der Waals surface area (Å²) >= 11 is 0. The minimum atomic E-state index is -1.26. The van der Waals surface area contributed by atoms with Crippen LogP contribution in [0.25, 0.3) is 10.9 Å². The van der Waals surface area contributed by atoms with Gasteiger partial charge in [0, 0.05) is 33.7 Å². The van der Waals surface area contributed by atoms with Crippen molar-refractivity contribution < 1.29 is 9.90 Å². The average Bonchev–Trinajstić information content (AvgIpc) is 2.68. The van der Waals surface area contributed by atoms with Crippen molar-refractivity contribution >= 4 is 32.5 Å². The van der Waals surface area contributed by atoms with Gasteiger partial charge in [-0.15, -0.1) is 0 Å². The van der Waals surface area contributed by atoms with Crippen molar-refractivity contribution in [3.8, 4) is 11.8 Å². The molecule has 1 amide bonds. The number of hydrogen-bond donors (Lipinski definition) is 3. The largest absolute Gasteiger partial charge is 0.507 e. The predicted molar refractivity (Wildman–Crippen MR) is 125 cm³/mol. The van der Waals surface area contributed by atoms with Gasteiger partial charge in [0.1, 0.15) is 11.3 Å². The van der Waals surface area contributed by atoms with Crippen LogP contribution in [0, 0.1) is 11.3 Å². The van der Waals surface area contributed by atoms with Crippen molar-refractivity contribution in [3.05, 3.63) is 63.9 Å². The van der Waals surface area contributed by atoms with E-state index in [1.165, 1.54) is 12.3 Å². The molecule has 1 aliphatic carbocycles. The van der Waals surface area contributed by atoms with Crippen LogP contribution in [-0.2, 0) is 5.41 Å². The number of fused-ring (bicyclic) bond motifs is 1. The quantitative estimate of drug-likeness (QED) is 0.561. The Morgan fingerprint density at radius 1 is 1.23 bits per heavy atom. The molecule has 1 aliphatic rings. The van der Waals surface area contributed by atoms with Crippen molar-refractivity contribution in [2.45, 2.75) is 29.6 Å². The summed E-state index contributed by atoms with van der Waals surface area (Å²) < 4.78 is 0. The standard InChI is InChI=1S/C24H25N3O3S/c1-31(2,3)21-11-17(24(14-25)9-6-10-24)19(12-20(21)28)27-23(30)16-13-26-18-8-5-4-7-15(18)22(16)29/h4-5,7-8,11-13,28H,6,9-10H2,1-3H3,(H,26,29)(H,27,30). The van der Waals surface area contributed by atoms with Crippen LogP contribution in [0.3, 0.4) is 0 Å². The first-order valence-electron chi connectivity index (χ1n) is 10.1. The first kappa shape index (κ1) is 21.0. The third-order valence-corrected chi connectivity index (χ3v) is 7.62. The SMILES string of the molecule is CS(C)(C)c1cc(C2(C#N)CCC2)c(NC(=O)c2c[nH]c3ccccc3c2=O)cc1O. The number of anilines is 1. The molecule has 0 aliphatic heterocycles. The molecule has 0 unspecified atom stereocenters. The van der Waals surface area contributed by atoms with E-state index < -0.39 is 21.4 Å². The van der Waals surface area contributed by atoms with Gasteiger partial charge >= 0.3 is 0 Å². The zero-order valence-electron chi connectivity index (χ0n) is 17.8. The number of nitrogens with one attached hydrogen (secondary N) is 2. The first-order chi connectivity index (χ1) is 14.7. The minimum Gasteiger partial charge on any atom is -0.507 e. The average molecular weight is 436 g/mol. The number of phenolic OH excluding ortho intramolecular Hbond substituents is 1. The fourth-order valence-electron chi connectivity index (χ4n) is 4.06. The molecule has 0 saturated heterocycles. The van der Waals surface area contributed by atoms with Gasteiger partial charge in [-0.3, -0.25) is 9.59 Å². The molecule has 4 rings (SSSR count). The number of pyridine rings is 1. The van der Waals surface area contributed by atoms with E-state index in [1.54, 1.807) is 18.2 Å². The van der Waals surface area contributed by atoms with Crippen LogP contribution >= 0.6 is 10.0 Å². The maximum Gasteiger partial charge on any atom is 0.261 e. The summed E-state index contributed by atoms with van der Waals surface area (Å²) in [4.78, 5) is 29.7. The van der Waals surface area contributed by atoms with Crippen molar-refractivity contribution in [3.63, 3.8) is 0 Å². The second-order valence-corrected chi connectivity index (χ2v) is 12.9. The third-order valence-electron chi connectivity index (χ3n) is 5.98. The van der Waals surface area contributed by atoms with Crippen LogP contribution in [0.1, 0.15) is 35.2 Å². The van der Waals surface area contributed by atoms with Gasteiger partial charge in [-0.05, 0) is 61.8 Å². The number of amides is 1. The Balaban J connectivity index is 1.81. The molecule has 1 saturated carbocycles. The molecule has 160 valence electrons. The molecule has 7 heteroatoms. The van der Waals surface area contributed by atoms with Gasteiger partial charge in [0.25, 0.3) is 5.91 Å². The maximum absolute atomic E-state index is 13.1. The van der Waals surface area contributed by atoms with E-state index >= 15 is 0 Å². The summed E-state index contributed by atoms with van der Waals surface area (Å²) in [5.74, 6) is -0.489. The molecular weight excluding hydrogens is 410 g/mol. The van der Waals surface area contributed by atoms with E-state index in [2.05, 4.69) is 35.1 Å². The number of nitriles is 1. The van der Waals surface area contributed by atoms with Crippen LogP contribution < -0.4 is 10.7 Å². The highest BCUT2D eigenvalue weighted by Crippen LogP contribution is 2.54. The van der Waals surface area contributed by atoms with Crippen LogP contribution in [-0.4, -0.2) is 34.8 Å². The summed E-state index contributed by atoms with van der Waals surface area (Å²) in [6.07, 6.45) is 9.94. The Morgan fingerprint density at radius 2 is 1.94 bits per heavy atom. The Morgan fingerprint density at radius 3 is 2.55 bits per heavy atom. The zero-order chi connectivity index (χ0) is 22.4. The van der Waals surface area contributed by atoms with E-state index in [9.17, 15) is 20.0 Å². The van der Waals surface area contributed by atoms with E-state index in [0.29, 0.717) is 35.0 Å². The topological polar surface area (TPSA) is 106 Å². The number of para-hydroxylation sites is 1. The molecule has 6 nitrogen and oxygen atoms in total. The van der Waals surface area contributed by atoms with E-state index in [4.69, 9.17) is 0 Å². The van der Waals surface area contributed by atoms with E-state index in [1.807, 2.05) is 12.1 Å². The second kappa shape index (κ2) is 7.47. The number of H-pyrrole nitrogens is 1. The van der Waals surface area contributed by atoms with Gasteiger partial charge in [0.15, 0.2) is 0 Å². The summed E-state index contributed by atoms with van der Waals surface area (Å²) in [5, 5.41) is 23.8. The molecular formula is C24H25N3O3S. The summed E-state index contributed by atoms with van der Waals surface area (Å²) in [7, 11) is -1.26. The Bertz CT molecular complexity index is 1290.